The second-order valence-electron chi connectivity index (χ2n) is 6.18. The fraction of sp³-hybridized carbons (Fsp3) is 0. The summed E-state index contributed by atoms with van der Waals surface area (Å²) >= 11 is 0. The fourth-order valence-corrected chi connectivity index (χ4v) is 2.86. The number of nitrogens with one attached hydrogen (secondary N) is 1. The molecule has 0 aliphatic rings. The van der Waals surface area contributed by atoms with E-state index in [4.69, 9.17) is 22.2 Å². The van der Waals surface area contributed by atoms with Gasteiger partial charge in [0.05, 0.1) is 11.4 Å². The lowest BCUT2D eigenvalue weighted by Crippen LogP contribution is -1.88. The summed E-state index contributed by atoms with van der Waals surface area (Å²) in [6, 6.07) is 23.1. The van der Waals surface area contributed by atoms with Crippen LogP contribution < -0.4 is 17.2 Å². The Morgan fingerprint density at radius 2 is 0.962 bits per heavy atom. The minimum absolute atomic E-state index is 0.720. The standard InChI is InChI=1S/C21H19N5/c22-16-7-1-13(2-8-16)19-20(14-3-9-17(23)10-4-14)26-21(25-19)15-5-11-18(24)12-6-15/h1-12H,22-24H2,(H,25,26). The molecular weight excluding hydrogens is 322 g/mol. The van der Waals surface area contributed by atoms with E-state index in [0.29, 0.717) is 0 Å². The van der Waals surface area contributed by atoms with Gasteiger partial charge < -0.3 is 22.2 Å². The van der Waals surface area contributed by atoms with Crippen LogP contribution in [0.15, 0.2) is 72.8 Å². The maximum atomic E-state index is 5.83. The topological polar surface area (TPSA) is 107 Å². The molecular formula is C21H19N5. The third kappa shape index (κ3) is 2.98. The van der Waals surface area contributed by atoms with Crippen LogP contribution in [0.3, 0.4) is 0 Å². The summed E-state index contributed by atoms with van der Waals surface area (Å²) in [6.45, 7) is 0. The normalized spacial score (nSPS) is 10.8. The SMILES string of the molecule is Nc1ccc(-c2nc(-c3ccc(N)cc3)c(-c3ccc(N)cc3)[nH]2)cc1. The molecule has 0 bridgehead atoms. The lowest BCUT2D eigenvalue weighted by atomic mass is 10.0. The van der Waals surface area contributed by atoms with E-state index in [2.05, 4.69) is 4.98 Å². The number of nitrogens with two attached hydrogens (primary N) is 3. The summed E-state index contributed by atoms with van der Waals surface area (Å²) in [5.74, 6) is 0.781. The molecule has 0 radical (unpaired) electrons. The summed E-state index contributed by atoms with van der Waals surface area (Å²) < 4.78 is 0. The summed E-state index contributed by atoms with van der Waals surface area (Å²) in [5, 5.41) is 0. The van der Waals surface area contributed by atoms with Gasteiger partial charge in [0.15, 0.2) is 0 Å². The number of H-pyrrole nitrogens is 1. The van der Waals surface area contributed by atoms with Gasteiger partial charge in [0.2, 0.25) is 0 Å². The number of aromatic nitrogens is 2. The Hall–Kier alpha value is -3.73. The Morgan fingerprint density at radius 1 is 0.538 bits per heavy atom. The first kappa shape index (κ1) is 15.8. The van der Waals surface area contributed by atoms with Gasteiger partial charge in [0, 0.05) is 33.8 Å². The van der Waals surface area contributed by atoms with E-state index in [1.54, 1.807) is 0 Å². The Morgan fingerprint density at radius 3 is 1.46 bits per heavy atom. The Kier molecular flexibility index (Phi) is 3.82. The number of nitrogen functional groups attached to an aromatic ring is 3. The number of hydrogen-bond acceptors (Lipinski definition) is 4. The first-order chi connectivity index (χ1) is 12.6. The van der Waals surface area contributed by atoms with Crippen molar-refractivity contribution >= 4 is 17.1 Å². The highest BCUT2D eigenvalue weighted by molar-refractivity contribution is 5.82. The molecule has 26 heavy (non-hydrogen) atoms. The maximum absolute atomic E-state index is 5.83. The van der Waals surface area contributed by atoms with Crippen LogP contribution in [0.25, 0.3) is 33.9 Å². The maximum Gasteiger partial charge on any atom is 0.138 e. The van der Waals surface area contributed by atoms with Crippen molar-refractivity contribution in [2.75, 3.05) is 17.2 Å². The number of nitrogens with zero attached hydrogens (tertiary/aromatic N) is 1. The van der Waals surface area contributed by atoms with Crippen molar-refractivity contribution in [3.63, 3.8) is 0 Å². The number of anilines is 3. The van der Waals surface area contributed by atoms with E-state index in [1.165, 1.54) is 0 Å². The zero-order chi connectivity index (χ0) is 18.1. The zero-order valence-corrected chi connectivity index (χ0v) is 14.1. The molecule has 1 heterocycles. The van der Waals surface area contributed by atoms with E-state index in [9.17, 15) is 0 Å². The zero-order valence-electron chi connectivity index (χ0n) is 14.1. The van der Waals surface area contributed by atoms with Crippen molar-refractivity contribution in [1.82, 2.24) is 9.97 Å². The van der Waals surface area contributed by atoms with E-state index >= 15 is 0 Å². The van der Waals surface area contributed by atoms with Crippen molar-refractivity contribution in [1.29, 1.82) is 0 Å². The summed E-state index contributed by atoms with van der Waals surface area (Å²) in [5.41, 5.74) is 24.4. The molecule has 0 spiro atoms. The molecule has 4 rings (SSSR count). The van der Waals surface area contributed by atoms with E-state index in [0.717, 1.165) is 51.0 Å². The summed E-state index contributed by atoms with van der Waals surface area (Å²) in [4.78, 5) is 8.28. The van der Waals surface area contributed by atoms with Crippen LogP contribution >= 0.6 is 0 Å². The van der Waals surface area contributed by atoms with Crippen molar-refractivity contribution in [2.24, 2.45) is 0 Å². The van der Waals surface area contributed by atoms with Gasteiger partial charge in [-0.2, -0.15) is 0 Å². The number of hydrogen-bond donors (Lipinski definition) is 4. The van der Waals surface area contributed by atoms with Gasteiger partial charge in [0.1, 0.15) is 5.82 Å². The van der Waals surface area contributed by atoms with Gasteiger partial charge in [-0.3, -0.25) is 0 Å². The molecule has 128 valence electrons. The third-order valence-electron chi connectivity index (χ3n) is 4.27. The van der Waals surface area contributed by atoms with Gasteiger partial charge in [-0.25, -0.2) is 4.98 Å². The highest BCUT2D eigenvalue weighted by atomic mass is 14.9. The van der Waals surface area contributed by atoms with E-state index < -0.39 is 0 Å². The first-order valence-electron chi connectivity index (χ1n) is 8.28. The van der Waals surface area contributed by atoms with Crippen molar-refractivity contribution in [2.45, 2.75) is 0 Å². The van der Waals surface area contributed by atoms with Gasteiger partial charge in [-0.05, 0) is 48.5 Å². The van der Waals surface area contributed by atoms with Crippen LogP contribution in [0.1, 0.15) is 0 Å². The van der Waals surface area contributed by atoms with Crippen LogP contribution in [-0.2, 0) is 0 Å². The number of benzene rings is 3. The first-order valence-corrected chi connectivity index (χ1v) is 8.28. The van der Waals surface area contributed by atoms with Crippen LogP contribution in [0.5, 0.6) is 0 Å². The molecule has 0 saturated heterocycles. The van der Waals surface area contributed by atoms with Crippen molar-refractivity contribution in [3.05, 3.63) is 72.8 Å². The average molecular weight is 341 g/mol. The van der Waals surface area contributed by atoms with Gasteiger partial charge in [-0.1, -0.05) is 24.3 Å². The second kappa shape index (κ2) is 6.29. The summed E-state index contributed by atoms with van der Waals surface area (Å²) in [6.07, 6.45) is 0. The van der Waals surface area contributed by atoms with Gasteiger partial charge in [-0.15, -0.1) is 0 Å². The van der Waals surface area contributed by atoms with Gasteiger partial charge >= 0.3 is 0 Å². The number of aromatic amines is 1. The quantitative estimate of drug-likeness (QED) is 0.420. The molecule has 1 aromatic heterocycles. The average Bonchev–Trinajstić information content (AvgIpc) is 3.09. The molecule has 0 aliphatic heterocycles. The molecule has 0 fully saturated rings. The highest BCUT2D eigenvalue weighted by Gasteiger charge is 2.15. The predicted octanol–water partition coefficient (Wildman–Crippen LogP) is 4.16. The molecule has 0 saturated carbocycles. The Labute approximate surface area is 151 Å². The van der Waals surface area contributed by atoms with Gasteiger partial charge in [0.25, 0.3) is 0 Å². The molecule has 0 atom stereocenters. The van der Waals surface area contributed by atoms with E-state index in [1.807, 2.05) is 72.8 Å². The number of rotatable bonds is 3. The van der Waals surface area contributed by atoms with Crippen LogP contribution in [0, 0.1) is 0 Å². The van der Waals surface area contributed by atoms with Crippen molar-refractivity contribution < 1.29 is 0 Å². The third-order valence-corrected chi connectivity index (χ3v) is 4.27. The van der Waals surface area contributed by atoms with Crippen LogP contribution in [-0.4, -0.2) is 9.97 Å². The Balaban J connectivity index is 1.88. The Bertz CT molecular complexity index is 966. The molecule has 3 aromatic carbocycles. The van der Waals surface area contributed by atoms with E-state index in [-0.39, 0.29) is 0 Å². The molecule has 5 nitrogen and oxygen atoms in total. The van der Waals surface area contributed by atoms with Crippen molar-refractivity contribution in [3.8, 4) is 33.9 Å². The highest BCUT2D eigenvalue weighted by Crippen LogP contribution is 2.33. The molecule has 0 amide bonds. The lowest BCUT2D eigenvalue weighted by molar-refractivity contribution is 1.31. The largest absolute Gasteiger partial charge is 0.399 e. The molecule has 5 heteroatoms. The molecule has 0 unspecified atom stereocenters. The summed E-state index contributed by atoms with van der Waals surface area (Å²) in [7, 11) is 0. The molecule has 7 N–H and O–H groups in total. The minimum atomic E-state index is 0.720. The molecule has 4 aromatic rings. The van der Waals surface area contributed by atoms with Crippen LogP contribution in [0.2, 0.25) is 0 Å². The minimum Gasteiger partial charge on any atom is -0.399 e. The van der Waals surface area contributed by atoms with Crippen LogP contribution in [0.4, 0.5) is 17.1 Å². The second-order valence-corrected chi connectivity index (χ2v) is 6.18. The smallest absolute Gasteiger partial charge is 0.138 e. The fourth-order valence-electron chi connectivity index (χ4n) is 2.86. The molecule has 0 aliphatic carbocycles. The predicted molar refractivity (Wildman–Crippen MR) is 108 cm³/mol. The monoisotopic (exact) mass is 341 g/mol. The lowest BCUT2D eigenvalue weighted by Gasteiger charge is -2.04. The number of imidazole rings is 1.